The maximum absolute atomic E-state index is 10.5. The molecule has 5 heteroatoms. The third kappa shape index (κ3) is 2.36. The molecule has 0 spiro atoms. The highest BCUT2D eigenvalue weighted by Gasteiger charge is 2.07. The highest BCUT2D eigenvalue weighted by molar-refractivity contribution is 9.11. The number of hydrogen-bond donors (Lipinski definition) is 1. The molecule has 3 nitrogen and oxygen atoms in total. The first-order valence-corrected chi connectivity index (χ1v) is 5.14. The Morgan fingerprint density at radius 3 is 3.08 bits per heavy atom. The average molecular weight is 249 g/mol. The molecule has 0 amide bonds. The van der Waals surface area contributed by atoms with Gasteiger partial charge in [0, 0.05) is 13.0 Å². The highest BCUT2D eigenvalue weighted by atomic mass is 79.9. The van der Waals surface area contributed by atoms with Crippen LogP contribution in [0.2, 0.25) is 0 Å². The van der Waals surface area contributed by atoms with Gasteiger partial charge in [-0.15, -0.1) is 11.3 Å². The van der Waals surface area contributed by atoms with Gasteiger partial charge in [-0.1, -0.05) is 0 Å². The predicted octanol–water partition coefficient (Wildman–Crippen LogP) is 1.48. The largest absolute Gasteiger partial charge is 0.319 e. The molecule has 0 aliphatic rings. The third-order valence-corrected chi connectivity index (χ3v) is 2.89. The molecule has 1 heterocycles. The molecule has 0 radical (unpaired) electrons. The summed E-state index contributed by atoms with van der Waals surface area (Å²) in [6, 6.07) is 0. The van der Waals surface area contributed by atoms with Gasteiger partial charge in [-0.3, -0.25) is 4.79 Å². The van der Waals surface area contributed by atoms with Gasteiger partial charge in [-0.2, -0.15) is 0 Å². The van der Waals surface area contributed by atoms with Crippen LogP contribution in [-0.2, 0) is 6.42 Å². The number of halogens is 1. The highest BCUT2D eigenvalue weighted by Crippen LogP contribution is 2.21. The van der Waals surface area contributed by atoms with Gasteiger partial charge in [0.1, 0.15) is 0 Å². The maximum Gasteiger partial charge on any atom is 0.161 e. The van der Waals surface area contributed by atoms with Gasteiger partial charge in [-0.25, -0.2) is 4.98 Å². The number of thiazole rings is 1. The Morgan fingerprint density at radius 2 is 2.50 bits per heavy atom. The standard InChI is InChI=1S/C7H9BrN2OS/c1-9-3-2-5-6(4-11)12-7(8)10-5/h4,9H,2-3H2,1H3. The van der Waals surface area contributed by atoms with Crippen LogP contribution in [0.4, 0.5) is 0 Å². The van der Waals surface area contributed by atoms with Gasteiger partial charge in [0.15, 0.2) is 10.2 Å². The number of carbonyl (C=O) groups excluding carboxylic acids is 1. The van der Waals surface area contributed by atoms with Crippen molar-refractivity contribution in [1.82, 2.24) is 10.3 Å². The molecule has 0 saturated carbocycles. The number of hydrogen-bond acceptors (Lipinski definition) is 4. The molecular weight excluding hydrogens is 240 g/mol. The van der Waals surface area contributed by atoms with Crippen LogP contribution in [0.3, 0.4) is 0 Å². The second-order valence-electron chi connectivity index (χ2n) is 2.25. The molecule has 12 heavy (non-hydrogen) atoms. The van der Waals surface area contributed by atoms with Crippen LogP contribution in [-0.4, -0.2) is 24.9 Å². The van der Waals surface area contributed by atoms with E-state index in [9.17, 15) is 4.79 Å². The fourth-order valence-corrected chi connectivity index (χ4v) is 2.24. The Balaban J connectivity index is 2.74. The predicted molar refractivity (Wildman–Crippen MR) is 52.8 cm³/mol. The lowest BCUT2D eigenvalue weighted by Gasteiger charge is -1.95. The Kier molecular flexibility index (Phi) is 3.84. The molecule has 0 bridgehead atoms. The molecule has 0 aliphatic carbocycles. The lowest BCUT2D eigenvalue weighted by molar-refractivity contribution is 0.112. The van der Waals surface area contributed by atoms with Crippen molar-refractivity contribution in [1.29, 1.82) is 0 Å². The molecular formula is C7H9BrN2OS. The summed E-state index contributed by atoms with van der Waals surface area (Å²) in [6.45, 7) is 0.844. The van der Waals surface area contributed by atoms with Crippen molar-refractivity contribution in [3.63, 3.8) is 0 Å². The van der Waals surface area contributed by atoms with E-state index in [4.69, 9.17) is 0 Å². The van der Waals surface area contributed by atoms with Gasteiger partial charge < -0.3 is 5.32 Å². The van der Waals surface area contributed by atoms with Gasteiger partial charge >= 0.3 is 0 Å². The molecule has 0 saturated heterocycles. The first-order chi connectivity index (χ1) is 5.77. The fraction of sp³-hybridized carbons (Fsp3) is 0.429. The minimum absolute atomic E-state index is 0.720. The van der Waals surface area contributed by atoms with Crippen LogP contribution < -0.4 is 5.32 Å². The average Bonchev–Trinajstić information content (AvgIpc) is 2.42. The van der Waals surface area contributed by atoms with E-state index in [1.54, 1.807) is 0 Å². The van der Waals surface area contributed by atoms with Gasteiger partial charge in [0.25, 0.3) is 0 Å². The lowest BCUT2D eigenvalue weighted by Crippen LogP contribution is -2.11. The molecule has 0 unspecified atom stereocenters. The van der Waals surface area contributed by atoms with Crippen molar-refractivity contribution < 1.29 is 4.79 Å². The number of carbonyl (C=O) groups is 1. The number of aldehydes is 1. The van der Waals surface area contributed by atoms with E-state index in [-0.39, 0.29) is 0 Å². The third-order valence-electron chi connectivity index (χ3n) is 1.42. The van der Waals surface area contributed by atoms with Gasteiger partial charge in [0.2, 0.25) is 0 Å². The van der Waals surface area contributed by atoms with E-state index in [0.29, 0.717) is 0 Å². The van der Waals surface area contributed by atoms with Crippen molar-refractivity contribution >= 4 is 33.6 Å². The zero-order valence-electron chi connectivity index (χ0n) is 6.63. The van der Waals surface area contributed by atoms with E-state index in [1.807, 2.05) is 7.05 Å². The van der Waals surface area contributed by atoms with E-state index >= 15 is 0 Å². The summed E-state index contributed by atoms with van der Waals surface area (Å²) in [4.78, 5) is 15.4. The Labute approximate surface area is 83.3 Å². The molecule has 1 N–H and O–H groups in total. The second-order valence-corrected chi connectivity index (χ2v) is 4.56. The van der Waals surface area contributed by atoms with E-state index in [1.165, 1.54) is 11.3 Å². The number of likely N-dealkylation sites (N-methyl/N-ethyl adjacent to an activating group) is 1. The molecule has 0 aromatic carbocycles. The van der Waals surface area contributed by atoms with Crippen LogP contribution in [0.15, 0.2) is 3.92 Å². The monoisotopic (exact) mass is 248 g/mol. The minimum Gasteiger partial charge on any atom is -0.319 e. The molecule has 0 fully saturated rings. The van der Waals surface area contributed by atoms with Crippen molar-refractivity contribution in [3.8, 4) is 0 Å². The summed E-state index contributed by atoms with van der Waals surface area (Å²) >= 11 is 4.62. The van der Waals surface area contributed by atoms with Crippen LogP contribution in [0.1, 0.15) is 15.4 Å². The zero-order chi connectivity index (χ0) is 8.97. The quantitative estimate of drug-likeness (QED) is 0.822. The van der Waals surface area contributed by atoms with Crippen LogP contribution in [0.5, 0.6) is 0 Å². The second kappa shape index (κ2) is 4.69. The van der Waals surface area contributed by atoms with Crippen LogP contribution >= 0.6 is 27.3 Å². The lowest BCUT2D eigenvalue weighted by atomic mass is 10.3. The van der Waals surface area contributed by atoms with Crippen LogP contribution in [0.25, 0.3) is 0 Å². The van der Waals surface area contributed by atoms with Crippen LogP contribution in [0, 0.1) is 0 Å². The Morgan fingerprint density at radius 1 is 1.75 bits per heavy atom. The van der Waals surface area contributed by atoms with Gasteiger partial charge in [-0.05, 0) is 23.0 Å². The SMILES string of the molecule is CNCCc1nc(Br)sc1C=O. The maximum atomic E-state index is 10.5. The molecule has 66 valence electrons. The minimum atomic E-state index is 0.720. The van der Waals surface area contributed by atoms with E-state index in [0.717, 1.165) is 33.7 Å². The number of nitrogens with zero attached hydrogens (tertiary/aromatic N) is 1. The Bertz CT molecular complexity index is 274. The molecule has 0 atom stereocenters. The van der Waals surface area contributed by atoms with Crippen molar-refractivity contribution in [2.45, 2.75) is 6.42 Å². The zero-order valence-corrected chi connectivity index (χ0v) is 9.04. The summed E-state index contributed by atoms with van der Waals surface area (Å²) in [5.41, 5.74) is 0.872. The summed E-state index contributed by atoms with van der Waals surface area (Å²) < 4.78 is 0.774. The number of aromatic nitrogens is 1. The normalized spacial score (nSPS) is 10.2. The molecule has 1 rings (SSSR count). The molecule has 0 aliphatic heterocycles. The van der Waals surface area contributed by atoms with Crippen molar-refractivity contribution in [2.24, 2.45) is 0 Å². The summed E-state index contributed by atoms with van der Waals surface area (Å²) in [5.74, 6) is 0. The van der Waals surface area contributed by atoms with Crippen molar-refractivity contribution in [2.75, 3.05) is 13.6 Å². The fourth-order valence-electron chi connectivity index (χ4n) is 0.848. The van der Waals surface area contributed by atoms with Crippen molar-refractivity contribution in [3.05, 3.63) is 14.5 Å². The summed E-state index contributed by atoms with van der Waals surface area (Å²) in [7, 11) is 1.88. The summed E-state index contributed by atoms with van der Waals surface area (Å²) in [6.07, 6.45) is 1.65. The van der Waals surface area contributed by atoms with Gasteiger partial charge in [0.05, 0.1) is 10.6 Å². The molecule has 1 aromatic heterocycles. The number of rotatable bonds is 4. The Hall–Kier alpha value is -0.260. The van der Waals surface area contributed by atoms with E-state index < -0.39 is 0 Å². The first-order valence-electron chi connectivity index (χ1n) is 3.53. The topological polar surface area (TPSA) is 42.0 Å². The smallest absolute Gasteiger partial charge is 0.161 e. The summed E-state index contributed by atoms with van der Waals surface area (Å²) in [5, 5.41) is 3.01. The van der Waals surface area contributed by atoms with E-state index in [2.05, 4.69) is 26.2 Å². The first kappa shape index (κ1) is 9.83. The number of nitrogens with one attached hydrogen (secondary N) is 1. The molecule has 1 aromatic rings.